The Labute approximate surface area is 120 Å². The van der Waals surface area contributed by atoms with E-state index in [0.29, 0.717) is 5.92 Å². The van der Waals surface area contributed by atoms with Crippen LogP contribution in [-0.4, -0.2) is 40.6 Å². The van der Waals surface area contributed by atoms with Crippen molar-refractivity contribution in [1.29, 1.82) is 0 Å². The summed E-state index contributed by atoms with van der Waals surface area (Å²) in [5, 5.41) is 0. The Balaban J connectivity index is 2.05. The first-order valence-corrected chi connectivity index (χ1v) is 9.93. The molecule has 1 saturated heterocycles. The van der Waals surface area contributed by atoms with Crippen molar-refractivity contribution in [3.63, 3.8) is 0 Å². The van der Waals surface area contributed by atoms with Crippen molar-refractivity contribution in [3.05, 3.63) is 0 Å². The van der Waals surface area contributed by atoms with Gasteiger partial charge in [-0.25, -0.2) is 0 Å². The molecule has 2 aliphatic rings. The molecule has 0 amide bonds. The third kappa shape index (κ3) is 3.41. The molecule has 1 aliphatic heterocycles. The van der Waals surface area contributed by atoms with Gasteiger partial charge in [0, 0.05) is 20.3 Å². The zero-order chi connectivity index (χ0) is 13.9. The Morgan fingerprint density at radius 1 is 1.05 bits per heavy atom. The summed E-state index contributed by atoms with van der Waals surface area (Å²) in [5.74, 6) is 2.51. The van der Waals surface area contributed by atoms with Crippen molar-refractivity contribution < 1.29 is 8.85 Å². The van der Waals surface area contributed by atoms with Crippen molar-refractivity contribution >= 4 is 8.72 Å². The molecule has 1 heterocycles. The van der Waals surface area contributed by atoms with E-state index in [9.17, 15) is 0 Å². The van der Waals surface area contributed by atoms with E-state index in [-0.39, 0.29) is 0 Å². The van der Waals surface area contributed by atoms with Gasteiger partial charge in [-0.1, -0.05) is 33.1 Å². The Bertz CT molecular complexity index is 281. The maximum atomic E-state index is 5.96. The van der Waals surface area contributed by atoms with Crippen LogP contribution < -0.4 is 0 Å². The number of piperidine rings is 1. The fourth-order valence-corrected chi connectivity index (χ4v) is 7.35. The fraction of sp³-hybridized carbons (Fsp3) is 1.00. The van der Waals surface area contributed by atoms with Crippen LogP contribution in [0.1, 0.15) is 46.0 Å². The Morgan fingerprint density at radius 2 is 1.68 bits per heavy atom. The molecule has 3 nitrogen and oxygen atoms in total. The van der Waals surface area contributed by atoms with Gasteiger partial charge in [-0.15, -0.1) is 0 Å². The summed E-state index contributed by atoms with van der Waals surface area (Å²) in [6.07, 6.45) is 7.10. The molecule has 19 heavy (non-hydrogen) atoms. The average molecular weight is 286 g/mol. The Morgan fingerprint density at radius 3 is 2.26 bits per heavy atom. The monoisotopic (exact) mass is 285 g/mol. The first-order valence-electron chi connectivity index (χ1n) is 7.96. The van der Waals surface area contributed by atoms with Gasteiger partial charge >= 0.3 is 8.72 Å². The summed E-state index contributed by atoms with van der Waals surface area (Å²) in [6, 6.07) is 1.08. The lowest BCUT2D eigenvalue weighted by Crippen LogP contribution is -2.62. The molecule has 4 heteroatoms. The van der Waals surface area contributed by atoms with Gasteiger partial charge in [0.05, 0.1) is 0 Å². The second-order valence-electron chi connectivity index (χ2n) is 6.76. The number of hydrogen-bond donors (Lipinski definition) is 0. The molecular weight excluding hydrogens is 254 g/mol. The fourth-order valence-electron chi connectivity index (χ4n) is 4.06. The van der Waals surface area contributed by atoms with Gasteiger partial charge in [0.25, 0.3) is 0 Å². The van der Waals surface area contributed by atoms with Crippen molar-refractivity contribution in [2.45, 2.75) is 52.0 Å². The van der Waals surface area contributed by atoms with Gasteiger partial charge in [-0.3, -0.25) is 4.57 Å². The summed E-state index contributed by atoms with van der Waals surface area (Å²) in [7, 11) is 1.56. The van der Waals surface area contributed by atoms with Gasteiger partial charge in [0.2, 0.25) is 0 Å². The molecule has 0 aromatic carbocycles. The molecule has 0 N–H and O–H groups in total. The van der Waals surface area contributed by atoms with E-state index in [0.717, 1.165) is 17.9 Å². The van der Waals surface area contributed by atoms with Gasteiger partial charge in [0.1, 0.15) is 0 Å². The molecule has 1 aliphatic carbocycles. The summed E-state index contributed by atoms with van der Waals surface area (Å²) in [5.41, 5.74) is 0. The number of fused-ring (bicyclic) bond motifs is 1. The van der Waals surface area contributed by atoms with Gasteiger partial charge in [-0.2, -0.15) is 0 Å². The SMILES string of the molecule is CO[Si](CC(C)C)(OC)N1CCC2CCCCC2C1. The number of rotatable bonds is 5. The van der Waals surface area contributed by atoms with Crippen molar-refractivity contribution in [3.8, 4) is 0 Å². The molecule has 1 saturated carbocycles. The van der Waals surface area contributed by atoms with Crippen molar-refractivity contribution in [1.82, 2.24) is 4.57 Å². The molecule has 2 atom stereocenters. The summed E-state index contributed by atoms with van der Waals surface area (Å²) in [4.78, 5) is 0. The highest BCUT2D eigenvalue weighted by molar-refractivity contribution is 6.64. The second-order valence-corrected chi connectivity index (χ2v) is 10.0. The van der Waals surface area contributed by atoms with E-state index in [1.165, 1.54) is 45.2 Å². The molecule has 112 valence electrons. The molecule has 0 bridgehead atoms. The number of nitrogens with zero attached hydrogens (tertiary/aromatic N) is 1. The molecule has 2 rings (SSSR count). The smallest absolute Gasteiger partial charge is 0.386 e. The molecule has 0 spiro atoms. The molecular formula is C15H31NO2Si. The van der Waals surface area contributed by atoms with Crippen LogP contribution in [0.2, 0.25) is 6.04 Å². The predicted octanol–water partition coefficient (Wildman–Crippen LogP) is 3.39. The zero-order valence-corrected chi connectivity index (χ0v) is 14.2. The zero-order valence-electron chi connectivity index (χ0n) is 13.2. The van der Waals surface area contributed by atoms with E-state index in [4.69, 9.17) is 8.85 Å². The molecule has 0 aromatic rings. The van der Waals surface area contributed by atoms with Crippen LogP contribution in [-0.2, 0) is 8.85 Å². The van der Waals surface area contributed by atoms with Crippen LogP contribution >= 0.6 is 0 Å². The number of hydrogen-bond acceptors (Lipinski definition) is 3. The van der Waals surface area contributed by atoms with Gasteiger partial charge < -0.3 is 8.85 Å². The van der Waals surface area contributed by atoms with Crippen LogP contribution in [0, 0.1) is 17.8 Å². The lowest BCUT2D eigenvalue weighted by Gasteiger charge is -2.47. The Kier molecular flexibility index (Phi) is 5.46. The predicted molar refractivity (Wildman–Crippen MR) is 81.1 cm³/mol. The first-order chi connectivity index (χ1) is 9.11. The molecule has 2 unspecified atom stereocenters. The molecule has 0 radical (unpaired) electrons. The molecule has 0 aromatic heterocycles. The minimum absolute atomic E-state index is 0.635. The molecule has 2 fully saturated rings. The van der Waals surface area contributed by atoms with Crippen LogP contribution in [0.25, 0.3) is 0 Å². The van der Waals surface area contributed by atoms with Crippen LogP contribution in [0.15, 0.2) is 0 Å². The Hall–Kier alpha value is 0.0969. The van der Waals surface area contributed by atoms with Gasteiger partial charge in [0.15, 0.2) is 0 Å². The largest absolute Gasteiger partial charge is 0.427 e. The van der Waals surface area contributed by atoms with E-state index in [1.807, 2.05) is 14.2 Å². The topological polar surface area (TPSA) is 21.7 Å². The minimum Gasteiger partial charge on any atom is -0.386 e. The van der Waals surface area contributed by atoms with Crippen LogP contribution in [0.3, 0.4) is 0 Å². The minimum atomic E-state index is -2.15. The maximum absolute atomic E-state index is 5.96. The maximum Gasteiger partial charge on any atom is 0.427 e. The van der Waals surface area contributed by atoms with Crippen LogP contribution in [0.4, 0.5) is 0 Å². The standard InChI is InChI=1S/C15H31NO2Si/c1-13(2)12-19(17-3,18-4)16-10-9-14-7-5-6-8-15(14)11-16/h13-15H,5-12H2,1-4H3. The van der Waals surface area contributed by atoms with Crippen molar-refractivity contribution in [2.24, 2.45) is 17.8 Å². The summed E-state index contributed by atoms with van der Waals surface area (Å²) < 4.78 is 14.5. The lowest BCUT2D eigenvalue weighted by molar-refractivity contribution is 0.0786. The van der Waals surface area contributed by atoms with E-state index in [2.05, 4.69) is 18.4 Å². The normalized spacial score (nSPS) is 29.5. The highest BCUT2D eigenvalue weighted by Crippen LogP contribution is 2.38. The third-order valence-corrected chi connectivity index (χ3v) is 9.06. The average Bonchev–Trinajstić information content (AvgIpc) is 2.44. The van der Waals surface area contributed by atoms with Gasteiger partial charge in [-0.05, 0) is 43.7 Å². The van der Waals surface area contributed by atoms with E-state index >= 15 is 0 Å². The van der Waals surface area contributed by atoms with Crippen LogP contribution in [0.5, 0.6) is 0 Å². The quantitative estimate of drug-likeness (QED) is 0.723. The third-order valence-electron chi connectivity index (χ3n) is 5.08. The lowest BCUT2D eigenvalue weighted by atomic mass is 9.76. The van der Waals surface area contributed by atoms with Crippen molar-refractivity contribution in [2.75, 3.05) is 27.3 Å². The second kappa shape index (κ2) is 6.70. The van der Waals surface area contributed by atoms with E-state index < -0.39 is 8.72 Å². The summed E-state index contributed by atoms with van der Waals surface area (Å²) >= 11 is 0. The first kappa shape index (κ1) is 15.5. The van der Waals surface area contributed by atoms with E-state index in [1.54, 1.807) is 0 Å². The summed E-state index contributed by atoms with van der Waals surface area (Å²) in [6.45, 7) is 6.94. The highest BCUT2D eigenvalue weighted by atomic mass is 28.4. The highest BCUT2D eigenvalue weighted by Gasteiger charge is 2.47.